The summed E-state index contributed by atoms with van der Waals surface area (Å²) in [5, 5.41) is 3.61. The summed E-state index contributed by atoms with van der Waals surface area (Å²) < 4.78 is 0. The van der Waals surface area contributed by atoms with E-state index in [1.54, 1.807) is 11.1 Å². The highest BCUT2D eigenvalue weighted by atomic mass is 14.8. The molecular formula is C20H25N. The first-order chi connectivity index (χ1) is 10.2. The van der Waals surface area contributed by atoms with E-state index in [-0.39, 0.29) is 0 Å². The van der Waals surface area contributed by atoms with Crippen LogP contribution in [0.1, 0.15) is 46.2 Å². The summed E-state index contributed by atoms with van der Waals surface area (Å²) in [7, 11) is 0. The first kappa shape index (κ1) is 14.3. The molecule has 0 fully saturated rings. The van der Waals surface area contributed by atoms with Crippen molar-refractivity contribution in [2.24, 2.45) is 0 Å². The van der Waals surface area contributed by atoms with Crippen LogP contribution in [-0.4, -0.2) is 0 Å². The summed E-state index contributed by atoms with van der Waals surface area (Å²) in [5.74, 6) is 0. The summed E-state index contributed by atoms with van der Waals surface area (Å²) in [6.45, 7) is 6.32. The van der Waals surface area contributed by atoms with Crippen LogP contribution < -0.4 is 5.32 Å². The highest BCUT2D eigenvalue weighted by Crippen LogP contribution is 2.27. The molecule has 0 aliphatic heterocycles. The van der Waals surface area contributed by atoms with Crippen LogP contribution in [0.2, 0.25) is 0 Å². The predicted octanol–water partition coefficient (Wildman–Crippen LogP) is 4.47. The van der Waals surface area contributed by atoms with E-state index in [1.807, 2.05) is 0 Å². The quantitative estimate of drug-likeness (QED) is 0.870. The Morgan fingerprint density at radius 3 is 2.29 bits per heavy atom. The average Bonchev–Trinajstić information content (AvgIpc) is 2.52. The number of fused-ring (bicyclic) bond motifs is 1. The fourth-order valence-corrected chi connectivity index (χ4v) is 3.33. The van der Waals surface area contributed by atoms with Crippen molar-refractivity contribution in [1.29, 1.82) is 0 Å². The van der Waals surface area contributed by atoms with Gasteiger partial charge in [-0.05, 0) is 67.3 Å². The lowest BCUT2D eigenvalue weighted by atomic mass is 9.85. The van der Waals surface area contributed by atoms with Crippen LogP contribution in [-0.2, 0) is 25.9 Å². The van der Waals surface area contributed by atoms with Gasteiger partial charge in [0.1, 0.15) is 0 Å². The summed E-state index contributed by atoms with van der Waals surface area (Å²) in [5.41, 5.74) is 8.91. The van der Waals surface area contributed by atoms with Gasteiger partial charge in [-0.25, -0.2) is 0 Å². The summed E-state index contributed by atoms with van der Waals surface area (Å²) in [6, 6.07) is 13.4. The Balaban J connectivity index is 1.67. The molecule has 0 radical (unpaired) electrons. The van der Waals surface area contributed by atoms with Gasteiger partial charge < -0.3 is 5.32 Å². The second-order valence-electron chi connectivity index (χ2n) is 6.29. The zero-order valence-corrected chi connectivity index (χ0v) is 13.2. The van der Waals surface area contributed by atoms with Gasteiger partial charge in [-0.2, -0.15) is 0 Å². The maximum absolute atomic E-state index is 3.61. The number of nitrogens with one attached hydrogen (secondary N) is 1. The van der Waals surface area contributed by atoms with Gasteiger partial charge in [-0.3, -0.25) is 0 Å². The van der Waals surface area contributed by atoms with Crippen molar-refractivity contribution in [3.63, 3.8) is 0 Å². The second-order valence-corrected chi connectivity index (χ2v) is 6.29. The third-order valence-corrected chi connectivity index (χ3v) is 4.63. The van der Waals surface area contributed by atoms with E-state index in [1.165, 1.54) is 47.9 Å². The van der Waals surface area contributed by atoms with E-state index < -0.39 is 0 Å². The molecule has 0 atom stereocenters. The maximum Gasteiger partial charge on any atom is 0.0211 e. The highest BCUT2D eigenvalue weighted by Gasteiger charge is 2.14. The molecule has 0 spiro atoms. The lowest BCUT2D eigenvalue weighted by molar-refractivity contribution is 0.649. The van der Waals surface area contributed by atoms with Gasteiger partial charge in [0.15, 0.2) is 0 Å². The van der Waals surface area contributed by atoms with Gasteiger partial charge in [-0.15, -0.1) is 0 Å². The molecule has 0 unspecified atom stereocenters. The average molecular weight is 279 g/mol. The van der Waals surface area contributed by atoms with E-state index in [0.29, 0.717) is 0 Å². The molecule has 2 aromatic carbocycles. The van der Waals surface area contributed by atoms with Gasteiger partial charge in [0, 0.05) is 13.1 Å². The SMILES string of the molecule is Cc1ccc(CNCc2ccc(C)c3c2CCCC3)cc1. The zero-order valence-electron chi connectivity index (χ0n) is 13.2. The minimum Gasteiger partial charge on any atom is -0.309 e. The Labute approximate surface area is 128 Å². The highest BCUT2D eigenvalue weighted by molar-refractivity contribution is 5.42. The van der Waals surface area contributed by atoms with Crippen LogP contribution in [0.15, 0.2) is 36.4 Å². The van der Waals surface area contributed by atoms with Crippen LogP contribution >= 0.6 is 0 Å². The first-order valence-corrected chi connectivity index (χ1v) is 8.10. The number of rotatable bonds is 4. The third-order valence-electron chi connectivity index (χ3n) is 4.63. The number of hydrogen-bond acceptors (Lipinski definition) is 1. The molecule has 0 bridgehead atoms. The van der Waals surface area contributed by atoms with Crippen molar-refractivity contribution >= 4 is 0 Å². The molecule has 1 nitrogen and oxygen atoms in total. The van der Waals surface area contributed by atoms with E-state index in [2.05, 4.69) is 55.6 Å². The van der Waals surface area contributed by atoms with E-state index in [4.69, 9.17) is 0 Å². The smallest absolute Gasteiger partial charge is 0.0211 e. The molecule has 21 heavy (non-hydrogen) atoms. The Hall–Kier alpha value is -1.60. The van der Waals surface area contributed by atoms with Crippen LogP contribution in [0.5, 0.6) is 0 Å². The van der Waals surface area contributed by atoms with Crippen molar-refractivity contribution in [2.45, 2.75) is 52.6 Å². The van der Waals surface area contributed by atoms with Crippen molar-refractivity contribution in [3.05, 3.63) is 69.8 Å². The molecule has 3 rings (SSSR count). The molecule has 1 aliphatic rings. The molecule has 1 aliphatic carbocycles. The molecule has 110 valence electrons. The monoisotopic (exact) mass is 279 g/mol. The largest absolute Gasteiger partial charge is 0.309 e. The molecule has 0 heterocycles. The molecule has 0 saturated heterocycles. The molecule has 0 aromatic heterocycles. The van der Waals surface area contributed by atoms with Crippen molar-refractivity contribution in [2.75, 3.05) is 0 Å². The summed E-state index contributed by atoms with van der Waals surface area (Å²) in [6.07, 6.45) is 5.24. The third kappa shape index (κ3) is 3.36. The molecule has 1 N–H and O–H groups in total. The second kappa shape index (κ2) is 6.44. The Morgan fingerprint density at radius 2 is 1.52 bits per heavy atom. The molecule has 2 aromatic rings. The van der Waals surface area contributed by atoms with Crippen LogP contribution in [0, 0.1) is 13.8 Å². The van der Waals surface area contributed by atoms with Gasteiger partial charge in [0.2, 0.25) is 0 Å². The molecular weight excluding hydrogens is 254 g/mol. The molecule has 0 saturated carbocycles. The first-order valence-electron chi connectivity index (χ1n) is 8.10. The van der Waals surface area contributed by atoms with E-state index in [0.717, 1.165) is 13.1 Å². The summed E-state index contributed by atoms with van der Waals surface area (Å²) >= 11 is 0. The fourth-order valence-electron chi connectivity index (χ4n) is 3.33. The Kier molecular flexibility index (Phi) is 4.40. The lowest BCUT2D eigenvalue weighted by Gasteiger charge is -2.22. The number of aryl methyl sites for hydroxylation is 2. The Morgan fingerprint density at radius 1 is 0.810 bits per heavy atom. The van der Waals surface area contributed by atoms with Gasteiger partial charge >= 0.3 is 0 Å². The minimum absolute atomic E-state index is 0.947. The predicted molar refractivity (Wildman–Crippen MR) is 89.5 cm³/mol. The van der Waals surface area contributed by atoms with Gasteiger partial charge in [0.05, 0.1) is 0 Å². The molecule has 0 amide bonds. The zero-order chi connectivity index (χ0) is 14.7. The van der Waals surface area contributed by atoms with Crippen molar-refractivity contribution in [1.82, 2.24) is 5.32 Å². The number of hydrogen-bond donors (Lipinski definition) is 1. The van der Waals surface area contributed by atoms with E-state index in [9.17, 15) is 0 Å². The van der Waals surface area contributed by atoms with Gasteiger partial charge in [0.25, 0.3) is 0 Å². The van der Waals surface area contributed by atoms with Crippen LogP contribution in [0.4, 0.5) is 0 Å². The normalized spacial score (nSPS) is 14.0. The standard InChI is InChI=1S/C20H25N/c1-15-7-10-17(11-8-15)13-21-14-18-12-9-16(2)19-5-3-4-6-20(18)19/h7-12,21H,3-6,13-14H2,1-2H3. The Bertz CT molecular complexity index is 610. The van der Waals surface area contributed by atoms with Crippen LogP contribution in [0.3, 0.4) is 0 Å². The van der Waals surface area contributed by atoms with Crippen molar-refractivity contribution in [3.8, 4) is 0 Å². The lowest BCUT2D eigenvalue weighted by Crippen LogP contribution is -2.16. The van der Waals surface area contributed by atoms with Gasteiger partial charge in [-0.1, -0.05) is 42.0 Å². The van der Waals surface area contributed by atoms with E-state index >= 15 is 0 Å². The topological polar surface area (TPSA) is 12.0 Å². The maximum atomic E-state index is 3.61. The number of benzene rings is 2. The fraction of sp³-hybridized carbons (Fsp3) is 0.400. The summed E-state index contributed by atoms with van der Waals surface area (Å²) in [4.78, 5) is 0. The molecule has 1 heteroatoms. The van der Waals surface area contributed by atoms with Crippen LogP contribution in [0.25, 0.3) is 0 Å². The minimum atomic E-state index is 0.947. The van der Waals surface area contributed by atoms with Crippen molar-refractivity contribution < 1.29 is 0 Å².